The summed E-state index contributed by atoms with van der Waals surface area (Å²) in [4.78, 5) is 6.72. The van der Waals surface area contributed by atoms with Crippen LogP contribution in [0.25, 0.3) is 0 Å². The van der Waals surface area contributed by atoms with Crippen LogP contribution >= 0.6 is 11.8 Å². The molecule has 1 aromatic rings. The van der Waals surface area contributed by atoms with Gasteiger partial charge >= 0.3 is 0 Å². The quantitative estimate of drug-likeness (QED) is 0.929. The Morgan fingerprint density at radius 2 is 2.10 bits per heavy atom. The van der Waals surface area contributed by atoms with Gasteiger partial charge in [0.1, 0.15) is 11.9 Å². The standard InChI is InChI=1S/C16H22N4S/c17-10-13-3-4-16(18-11-13)20-7-5-14(6-8-20)19-15-2-1-9-21-12-15/h3-4,11,14-15,19H,1-2,5-9,12H2/t15-/m0/s1. The number of anilines is 1. The molecular weight excluding hydrogens is 280 g/mol. The first kappa shape index (κ1) is 14.7. The lowest BCUT2D eigenvalue weighted by atomic mass is 10.0. The number of aromatic nitrogens is 1. The van der Waals surface area contributed by atoms with Gasteiger partial charge in [-0.05, 0) is 43.6 Å². The van der Waals surface area contributed by atoms with E-state index in [9.17, 15) is 0 Å². The Labute approximate surface area is 130 Å². The number of hydrogen-bond acceptors (Lipinski definition) is 5. The molecule has 0 amide bonds. The minimum atomic E-state index is 0.630. The number of nitrogens with one attached hydrogen (secondary N) is 1. The summed E-state index contributed by atoms with van der Waals surface area (Å²) in [7, 11) is 0. The molecule has 0 saturated carbocycles. The van der Waals surface area contributed by atoms with E-state index >= 15 is 0 Å². The maximum absolute atomic E-state index is 8.82. The molecular formula is C16H22N4S. The predicted molar refractivity (Wildman–Crippen MR) is 87.7 cm³/mol. The monoisotopic (exact) mass is 302 g/mol. The van der Waals surface area contributed by atoms with Crippen LogP contribution in [-0.4, -0.2) is 41.7 Å². The molecule has 0 aliphatic carbocycles. The molecule has 5 heteroatoms. The average molecular weight is 302 g/mol. The zero-order valence-corrected chi connectivity index (χ0v) is 13.1. The molecule has 21 heavy (non-hydrogen) atoms. The summed E-state index contributed by atoms with van der Waals surface area (Å²) in [6, 6.07) is 7.30. The summed E-state index contributed by atoms with van der Waals surface area (Å²) in [5.41, 5.74) is 0.630. The fourth-order valence-corrected chi connectivity index (χ4v) is 4.20. The maximum atomic E-state index is 8.82. The third-order valence-electron chi connectivity index (χ3n) is 4.33. The normalized spacial score (nSPS) is 23.8. The van der Waals surface area contributed by atoms with E-state index in [1.54, 1.807) is 6.20 Å². The first-order chi connectivity index (χ1) is 10.3. The predicted octanol–water partition coefficient (Wildman–Crippen LogP) is 2.41. The van der Waals surface area contributed by atoms with Crippen LogP contribution in [0.5, 0.6) is 0 Å². The van der Waals surface area contributed by atoms with Gasteiger partial charge in [0.05, 0.1) is 5.56 Å². The van der Waals surface area contributed by atoms with Crippen molar-refractivity contribution in [2.75, 3.05) is 29.5 Å². The second kappa shape index (κ2) is 7.15. The molecule has 0 radical (unpaired) electrons. The number of rotatable bonds is 3. The van der Waals surface area contributed by atoms with Crippen molar-refractivity contribution in [1.82, 2.24) is 10.3 Å². The Kier molecular flexibility index (Phi) is 5.00. The van der Waals surface area contributed by atoms with Crippen LogP contribution in [0.4, 0.5) is 5.82 Å². The molecule has 4 nitrogen and oxygen atoms in total. The van der Waals surface area contributed by atoms with Crippen LogP contribution in [-0.2, 0) is 0 Å². The van der Waals surface area contributed by atoms with E-state index in [0.717, 1.165) is 18.9 Å². The molecule has 112 valence electrons. The lowest BCUT2D eigenvalue weighted by Gasteiger charge is -2.36. The van der Waals surface area contributed by atoms with Crippen LogP contribution in [0, 0.1) is 11.3 Å². The van der Waals surface area contributed by atoms with Crippen LogP contribution in [0.2, 0.25) is 0 Å². The number of thioether (sulfide) groups is 1. The minimum absolute atomic E-state index is 0.630. The van der Waals surface area contributed by atoms with E-state index in [-0.39, 0.29) is 0 Å². The number of piperidine rings is 1. The zero-order valence-electron chi connectivity index (χ0n) is 12.3. The van der Waals surface area contributed by atoms with Crippen molar-refractivity contribution in [2.45, 2.75) is 37.8 Å². The van der Waals surface area contributed by atoms with Crippen molar-refractivity contribution in [2.24, 2.45) is 0 Å². The summed E-state index contributed by atoms with van der Waals surface area (Å²) in [6.45, 7) is 2.10. The third-order valence-corrected chi connectivity index (χ3v) is 5.54. The first-order valence-corrected chi connectivity index (χ1v) is 8.95. The summed E-state index contributed by atoms with van der Waals surface area (Å²) < 4.78 is 0. The van der Waals surface area contributed by atoms with Gasteiger partial charge in [0.2, 0.25) is 0 Å². The van der Waals surface area contributed by atoms with Gasteiger partial charge in [-0.1, -0.05) is 0 Å². The SMILES string of the molecule is N#Cc1ccc(N2CCC(N[C@H]3CCCSC3)CC2)nc1. The average Bonchev–Trinajstić information content (AvgIpc) is 2.57. The Morgan fingerprint density at radius 3 is 2.71 bits per heavy atom. The summed E-state index contributed by atoms with van der Waals surface area (Å²) in [5, 5.41) is 12.7. The lowest BCUT2D eigenvalue weighted by molar-refractivity contribution is 0.365. The van der Waals surface area contributed by atoms with E-state index in [2.05, 4.69) is 33.0 Å². The second-order valence-electron chi connectivity index (χ2n) is 5.86. The maximum Gasteiger partial charge on any atom is 0.128 e. The van der Waals surface area contributed by atoms with Crippen molar-refractivity contribution in [3.8, 4) is 6.07 Å². The third kappa shape index (κ3) is 3.90. The summed E-state index contributed by atoms with van der Waals surface area (Å²) in [5.74, 6) is 3.61. The summed E-state index contributed by atoms with van der Waals surface area (Å²) in [6.07, 6.45) is 6.73. The Morgan fingerprint density at radius 1 is 1.24 bits per heavy atom. The molecule has 0 bridgehead atoms. The molecule has 0 aromatic carbocycles. The summed E-state index contributed by atoms with van der Waals surface area (Å²) >= 11 is 2.08. The molecule has 2 fully saturated rings. The Bertz CT molecular complexity index is 482. The van der Waals surface area contributed by atoms with Gasteiger partial charge in [-0.3, -0.25) is 0 Å². The van der Waals surface area contributed by atoms with Crippen molar-refractivity contribution >= 4 is 17.6 Å². The van der Waals surface area contributed by atoms with Crippen molar-refractivity contribution in [1.29, 1.82) is 5.26 Å². The zero-order chi connectivity index (χ0) is 14.5. The van der Waals surface area contributed by atoms with Gasteiger partial charge in [0.15, 0.2) is 0 Å². The number of nitriles is 1. The highest BCUT2D eigenvalue weighted by molar-refractivity contribution is 7.99. The number of pyridine rings is 1. The second-order valence-corrected chi connectivity index (χ2v) is 7.01. The molecule has 0 spiro atoms. The van der Waals surface area contributed by atoms with Gasteiger partial charge in [-0.15, -0.1) is 0 Å². The molecule has 1 atom stereocenters. The molecule has 2 aliphatic rings. The molecule has 2 aliphatic heterocycles. The molecule has 1 aromatic heterocycles. The molecule has 3 heterocycles. The largest absolute Gasteiger partial charge is 0.357 e. The van der Waals surface area contributed by atoms with E-state index in [4.69, 9.17) is 5.26 Å². The highest BCUT2D eigenvalue weighted by Gasteiger charge is 2.23. The smallest absolute Gasteiger partial charge is 0.128 e. The molecule has 0 unspecified atom stereocenters. The molecule has 1 N–H and O–H groups in total. The first-order valence-electron chi connectivity index (χ1n) is 7.80. The van der Waals surface area contributed by atoms with Gasteiger partial charge in [-0.25, -0.2) is 4.98 Å². The fourth-order valence-electron chi connectivity index (χ4n) is 3.12. The number of hydrogen-bond donors (Lipinski definition) is 1. The van der Waals surface area contributed by atoms with Crippen LogP contribution in [0.15, 0.2) is 18.3 Å². The van der Waals surface area contributed by atoms with Crippen molar-refractivity contribution < 1.29 is 0 Å². The van der Waals surface area contributed by atoms with E-state index in [0.29, 0.717) is 17.6 Å². The van der Waals surface area contributed by atoms with E-state index in [1.165, 1.54) is 37.2 Å². The van der Waals surface area contributed by atoms with Crippen LogP contribution in [0.1, 0.15) is 31.2 Å². The number of nitrogens with zero attached hydrogens (tertiary/aromatic N) is 3. The highest BCUT2D eigenvalue weighted by atomic mass is 32.2. The van der Waals surface area contributed by atoms with E-state index < -0.39 is 0 Å². The highest BCUT2D eigenvalue weighted by Crippen LogP contribution is 2.21. The van der Waals surface area contributed by atoms with Gasteiger partial charge in [0.25, 0.3) is 0 Å². The molecule has 2 saturated heterocycles. The van der Waals surface area contributed by atoms with Gasteiger partial charge < -0.3 is 10.2 Å². The minimum Gasteiger partial charge on any atom is -0.357 e. The van der Waals surface area contributed by atoms with E-state index in [1.807, 2.05) is 12.1 Å². The Balaban J connectivity index is 1.49. The molecule has 3 rings (SSSR count). The van der Waals surface area contributed by atoms with Gasteiger partial charge in [-0.2, -0.15) is 17.0 Å². The lowest BCUT2D eigenvalue weighted by Crippen LogP contribution is -2.47. The van der Waals surface area contributed by atoms with Crippen molar-refractivity contribution in [3.63, 3.8) is 0 Å². The fraction of sp³-hybridized carbons (Fsp3) is 0.625. The topological polar surface area (TPSA) is 52.0 Å². The Hall–Kier alpha value is -1.25. The van der Waals surface area contributed by atoms with Crippen LogP contribution in [0.3, 0.4) is 0 Å². The van der Waals surface area contributed by atoms with Crippen LogP contribution < -0.4 is 10.2 Å². The van der Waals surface area contributed by atoms with Crippen molar-refractivity contribution in [3.05, 3.63) is 23.9 Å². The van der Waals surface area contributed by atoms with Gasteiger partial charge in [0, 0.05) is 37.1 Å².